The fourth-order valence-corrected chi connectivity index (χ4v) is 2.48. The second kappa shape index (κ2) is 7.62. The van der Waals surface area contributed by atoms with Gasteiger partial charge in [-0.1, -0.05) is 18.2 Å². The zero-order valence-corrected chi connectivity index (χ0v) is 12.6. The Labute approximate surface area is 129 Å². The van der Waals surface area contributed by atoms with Crippen LogP contribution in [0.1, 0.15) is 6.42 Å². The summed E-state index contributed by atoms with van der Waals surface area (Å²) in [4.78, 5) is 4.09. The van der Waals surface area contributed by atoms with Crippen LogP contribution in [0.2, 0.25) is 0 Å². The number of para-hydroxylation sites is 2. The molecular weight excluding hydrogens is 306 g/mol. The van der Waals surface area contributed by atoms with Crippen LogP contribution in [-0.2, 0) is 10.3 Å². The Balaban J connectivity index is 1.73. The number of rotatable bonds is 8. The van der Waals surface area contributed by atoms with Crippen molar-refractivity contribution >= 4 is 16.1 Å². The highest BCUT2D eigenvalue weighted by Crippen LogP contribution is 2.25. The number of phenols is 1. The van der Waals surface area contributed by atoms with Crippen molar-refractivity contribution in [2.75, 3.05) is 18.4 Å². The number of aromatic nitrogens is 1. The Morgan fingerprint density at radius 1 is 1.09 bits per heavy atom. The van der Waals surface area contributed by atoms with Crippen molar-refractivity contribution in [3.8, 4) is 11.5 Å². The first-order valence-corrected chi connectivity index (χ1v) is 8.10. The van der Waals surface area contributed by atoms with Gasteiger partial charge >= 0.3 is 10.3 Å². The van der Waals surface area contributed by atoms with Gasteiger partial charge in [0.1, 0.15) is 5.82 Å². The third-order valence-electron chi connectivity index (χ3n) is 2.67. The maximum Gasteiger partial charge on any atom is 0.382 e. The maximum absolute atomic E-state index is 11.7. The topological polar surface area (TPSA) is 101 Å². The van der Waals surface area contributed by atoms with E-state index in [0.717, 1.165) is 5.82 Å². The van der Waals surface area contributed by atoms with E-state index >= 15 is 0 Å². The SMILES string of the molecule is O=S(=O)(NCCCNc1ccccn1)Oc1ccccc1O. The van der Waals surface area contributed by atoms with Gasteiger partial charge in [-0.05, 0) is 30.7 Å². The summed E-state index contributed by atoms with van der Waals surface area (Å²) in [5, 5.41) is 12.5. The monoisotopic (exact) mass is 323 g/mol. The van der Waals surface area contributed by atoms with E-state index in [1.807, 2.05) is 18.2 Å². The Bertz CT molecular complexity index is 692. The smallest absolute Gasteiger partial charge is 0.382 e. The Hall–Kier alpha value is -2.32. The first-order valence-electron chi connectivity index (χ1n) is 6.69. The lowest BCUT2D eigenvalue weighted by Crippen LogP contribution is -2.30. The van der Waals surface area contributed by atoms with Crippen molar-refractivity contribution in [3.05, 3.63) is 48.7 Å². The van der Waals surface area contributed by atoms with Crippen LogP contribution in [0.15, 0.2) is 48.7 Å². The van der Waals surface area contributed by atoms with Crippen LogP contribution in [0, 0.1) is 0 Å². The molecule has 118 valence electrons. The normalized spacial score (nSPS) is 11.1. The summed E-state index contributed by atoms with van der Waals surface area (Å²) >= 11 is 0. The van der Waals surface area contributed by atoms with E-state index in [0.29, 0.717) is 13.0 Å². The van der Waals surface area contributed by atoms with Crippen molar-refractivity contribution < 1.29 is 17.7 Å². The highest BCUT2D eigenvalue weighted by Gasteiger charge is 2.13. The molecule has 0 aliphatic rings. The number of anilines is 1. The summed E-state index contributed by atoms with van der Waals surface area (Å²) in [6.07, 6.45) is 2.23. The molecule has 1 aromatic carbocycles. The third-order valence-corrected chi connectivity index (χ3v) is 3.62. The van der Waals surface area contributed by atoms with E-state index in [4.69, 9.17) is 4.18 Å². The lowest BCUT2D eigenvalue weighted by atomic mass is 10.3. The van der Waals surface area contributed by atoms with Gasteiger partial charge in [0.15, 0.2) is 11.5 Å². The van der Waals surface area contributed by atoms with Crippen LogP contribution in [0.25, 0.3) is 0 Å². The molecule has 0 amide bonds. The fourth-order valence-electron chi connectivity index (χ4n) is 1.64. The Kier molecular flexibility index (Phi) is 5.56. The lowest BCUT2D eigenvalue weighted by Gasteiger charge is -2.09. The molecule has 0 saturated carbocycles. The predicted molar refractivity (Wildman–Crippen MR) is 83.0 cm³/mol. The predicted octanol–water partition coefficient (Wildman–Crippen LogP) is 1.50. The van der Waals surface area contributed by atoms with E-state index in [2.05, 4.69) is 15.0 Å². The van der Waals surface area contributed by atoms with Crippen LogP contribution in [-0.4, -0.2) is 31.6 Å². The number of pyridine rings is 1. The van der Waals surface area contributed by atoms with Gasteiger partial charge in [0.25, 0.3) is 0 Å². The number of aromatic hydroxyl groups is 1. The molecule has 0 radical (unpaired) electrons. The van der Waals surface area contributed by atoms with Gasteiger partial charge in [-0.2, -0.15) is 13.1 Å². The average molecular weight is 323 g/mol. The molecule has 1 aromatic heterocycles. The quantitative estimate of drug-likeness (QED) is 0.637. The maximum atomic E-state index is 11.7. The molecular formula is C14H17N3O4S. The molecule has 1 heterocycles. The molecule has 0 saturated heterocycles. The van der Waals surface area contributed by atoms with Crippen LogP contribution in [0.4, 0.5) is 5.82 Å². The minimum atomic E-state index is -3.96. The van der Waals surface area contributed by atoms with Crippen LogP contribution < -0.4 is 14.2 Å². The molecule has 0 spiro atoms. The first-order chi connectivity index (χ1) is 10.6. The van der Waals surface area contributed by atoms with Gasteiger partial charge in [0, 0.05) is 19.3 Å². The number of nitrogens with one attached hydrogen (secondary N) is 2. The summed E-state index contributed by atoms with van der Waals surface area (Å²) in [7, 11) is -3.96. The van der Waals surface area contributed by atoms with Gasteiger partial charge in [-0.15, -0.1) is 0 Å². The fraction of sp³-hybridized carbons (Fsp3) is 0.214. The summed E-state index contributed by atoms with van der Waals surface area (Å²) in [6, 6.07) is 11.4. The standard InChI is InChI=1S/C14H17N3O4S/c18-12-6-1-2-7-13(12)21-22(19,20)17-11-5-10-16-14-8-3-4-9-15-14/h1-4,6-9,17-18H,5,10-11H2,(H,15,16). The second-order valence-electron chi connectivity index (χ2n) is 4.39. The summed E-state index contributed by atoms with van der Waals surface area (Å²) < 4.78 is 30.5. The zero-order chi connectivity index (χ0) is 15.8. The Morgan fingerprint density at radius 3 is 2.59 bits per heavy atom. The molecule has 0 fully saturated rings. The van der Waals surface area contributed by atoms with Crippen molar-refractivity contribution in [3.63, 3.8) is 0 Å². The molecule has 2 rings (SSSR count). The van der Waals surface area contributed by atoms with E-state index in [9.17, 15) is 13.5 Å². The molecule has 2 aromatic rings. The molecule has 0 bridgehead atoms. The van der Waals surface area contributed by atoms with E-state index in [1.54, 1.807) is 18.3 Å². The summed E-state index contributed by atoms with van der Waals surface area (Å²) in [5.41, 5.74) is 0. The van der Waals surface area contributed by atoms with Gasteiger partial charge in [0.05, 0.1) is 0 Å². The van der Waals surface area contributed by atoms with Gasteiger partial charge < -0.3 is 14.6 Å². The van der Waals surface area contributed by atoms with Crippen LogP contribution >= 0.6 is 0 Å². The van der Waals surface area contributed by atoms with Crippen LogP contribution in [0.5, 0.6) is 11.5 Å². The largest absolute Gasteiger partial charge is 0.504 e. The lowest BCUT2D eigenvalue weighted by molar-refractivity contribution is 0.422. The molecule has 3 N–H and O–H groups in total. The highest BCUT2D eigenvalue weighted by molar-refractivity contribution is 7.85. The van der Waals surface area contributed by atoms with Crippen molar-refractivity contribution in [2.24, 2.45) is 0 Å². The van der Waals surface area contributed by atoms with Crippen molar-refractivity contribution in [1.82, 2.24) is 9.71 Å². The van der Waals surface area contributed by atoms with E-state index in [-0.39, 0.29) is 18.0 Å². The van der Waals surface area contributed by atoms with E-state index < -0.39 is 10.3 Å². The molecule has 7 nitrogen and oxygen atoms in total. The number of benzene rings is 1. The summed E-state index contributed by atoms with van der Waals surface area (Å²) in [6.45, 7) is 0.770. The van der Waals surface area contributed by atoms with Crippen molar-refractivity contribution in [2.45, 2.75) is 6.42 Å². The molecule has 0 atom stereocenters. The van der Waals surface area contributed by atoms with Crippen LogP contribution in [0.3, 0.4) is 0 Å². The number of hydrogen-bond acceptors (Lipinski definition) is 6. The zero-order valence-electron chi connectivity index (χ0n) is 11.8. The Morgan fingerprint density at radius 2 is 1.86 bits per heavy atom. The van der Waals surface area contributed by atoms with Gasteiger partial charge in [-0.25, -0.2) is 4.98 Å². The molecule has 22 heavy (non-hydrogen) atoms. The molecule has 0 unspecified atom stereocenters. The minimum absolute atomic E-state index is 0.110. The van der Waals surface area contributed by atoms with Gasteiger partial charge in [-0.3, -0.25) is 0 Å². The number of phenolic OH excluding ortho intramolecular Hbond substituents is 1. The highest BCUT2D eigenvalue weighted by atomic mass is 32.2. The average Bonchev–Trinajstić information content (AvgIpc) is 2.50. The minimum Gasteiger partial charge on any atom is -0.504 e. The number of hydrogen-bond donors (Lipinski definition) is 3. The molecule has 0 aliphatic carbocycles. The van der Waals surface area contributed by atoms with E-state index in [1.165, 1.54) is 12.1 Å². The first kappa shape index (κ1) is 16.1. The molecule has 0 aliphatic heterocycles. The second-order valence-corrected chi connectivity index (χ2v) is 5.76. The summed E-state index contributed by atoms with van der Waals surface area (Å²) in [5.74, 6) is 0.391. The third kappa shape index (κ3) is 5.23. The van der Waals surface area contributed by atoms with Gasteiger partial charge in [0.2, 0.25) is 0 Å². The molecule has 8 heteroatoms. The number of nitrogens with zero attached hydrogens (tertiary/aromatic N) is 1. The van der Waals surface area contributed by atoms with Crippen molar-refractivity contribution in [1.29, 1.82) is 0 Å².